The quantitative estimate of drug-likeness (QED) is 0.339. The highest BCUT2D eigenvalue weighted by Gasteiger charge is 2.33. The topological polar surface area (TPSA) is 58.1 Å². The summed E-state index contributed by atoms with van der Waals surface area (Å²) >= 11 is 0. The molecule has 0 radical (unpaired) electrons. The third-order valence-corrected chi connectivity index (χ3v) is 4.91. The van der Waals surface area contributed by atoms with E-state index in [4.69, 9.17) is 14.5 Å². The molecule has 28 heavy (non-hydrogen) atoms. The van der Waals surface area contributed by atoms with Crippen LogP contribution in [0.5, 0.6) is 5.75 Å². The fourth-order valence-electron chi connectivity index (χ4n) is 3.42. The first-order valence-corrected chi connectivity index (χ1v) is 9.90. The second kappa shape index (κ2) is 11.8. The van der Waals surface area contributed by atoms with Crippen molar-refractivity contribution in [1.29, 1.82) is 0 Å². The SMILES string of the molecule is CCNC(=NCc1ccccc1OC)NCC(C)(C)N1CC(C)OC(C)C1.I. The summed E-state index contributed by atoms with van der Waals surface area (Å²) in [7, 11) is 1.69. The Hall–Kier alpha value is -1.06. The molecular formula is C21H37IN4O2. The van der Waals surface area contributed by atoms with Gasteiger partial charge in [-0.25, -0.2) is 4.99 Å². The van der Waals surface area contributed by atoms with Crippen LogP contribution in [0, 0.1) is 0 Å². The van der Waals surface area contributed by atoms with Gasteiger partial charge in [0, 0.05) is 37.3 Å². The van der Waals surface area contributed by atoms with Crippen LogP contribution in [0.25, 0.3) is 0 Å². The number of morpholine rings is 1. The van der Waals surface area contributed by atoms with Crippen molar-refractivity contribution in [3.63, 3.8) is 0 Å². The van der Waals surface area contributed by atoms with E-state index < -0.39 is 0 Å². The molecule has 0 bridgehead atoms. The summed E-state index contributed by atoms with van der Waals surface area (Å²) in [5, 5.41) is 6.85. The molecular weight excluding hydrogens is 467 g/mol. The minimum atomic E-state index is 0. The number of rotatable bonds is 7. The summed E-state index contributed by atoms with van der Waals surface area (Å²) in [5.41, 5.74) is 1.08. The predicted octanol–water partition coefficient (Wildman–Crippen LogP) is 3.26. The molecule has 6 nitrogen and oxygen atoms in total. The lowest BCUT2D eigenvalue weighted by atomic mass is 10.00. The molecule has 0 saturated carbocycles. The summed E-state index contributed by atoms with van der Waals surface area (Å²) < 4.78 is 11.3. The summed E-state index contributed by atoms with van der Waals surface area (Å²) in [6.07, 6.45) is 0.529. The van der Waals surface area contributed by atoms with Gasteiger partial charge in [0.05, 0.1) is 25.9 Å². The molecule has 2 N–H and O–H groups in total. The van der Waals surface area contributed by atoms with Gasteiger partial charge in [0.2, 0.25) is 0 Å². The number of methoxy groups -OCH3 is 1. The van der Waals surface area contributed by atoms with Gasteiger partial charge in [0.1, 0.15) is 5.75 Å². The molecule has 2 rings (SSSR count). The molecule has 0 aromatic heterocycles. The van der Waals surface area contributed by atoms with Crippen molar-refractivity contribution < 1.29 is 9.47 Å². The number of ether oxygens (including phenoxy) is 2. The zero-order valence-corrected chi connectivity index (χ0v) is 20.4. The van der Waals surface area contributed by atoms with Crippen molar-refractivity contribution in [3.05, 3.63) is 29.8 Å². The maximum Gasteiger partial charge on any atom is 0.191 e. The monoisotopic (exact) mass is 504 g/mol. The normalized spacial score (nSPS) is 21.0. The van der Waals surface area contributed by atoms with Gasteiger partial charge in [0.15, 0.2) is 5.96 Å². The Kier molecular flexibility index (Phi) is 10.5. The van der Waals surface area contributed by atoms with Gasteiger partial charge in [0.25, 0.3) is 0 Å². The molecule has 1 heterocycles. The van der Waals surface area contributed by atoms with Gasteiger partial charge in [-0.05, 0) is 40.7 Å². The first-order chi connectivity index (χ1) is 12.9. The Balaban J connectivity index is 0.00000392. The van der Waals surface area contributed by atoms with Crippen molar-refractivity contribution in [2.24, 2.45) is 4.99 Å². The Morgan fingerprint density at radius 2 is 1.86 bits per heavy atom. The third kappa shape index (κ3) is 7.40. The number of guanidine groups is 1. The lowest BCUT2D eigenvalue weighted by Gasteiger charge is -2.45. The van der Waals surface area contributed by atoms with Gasteiger partial charge < -0.3 is 20.1 Å². The number of para-hydroxylation sites is 1. The second-order valence-corrected chi connectivity index (χ2v) is 7.84. The molecule has 1 fully saturated rings. The largest absolute Gasteiger partial charge is 0.496 e. The van der Waals surface area contributed by atoms with Crippen LogP contribution in [0.1, 0.15) is 40.2 Å². The molecule has 2 atom stereocenters. The minimum Gasteiger partial charge on any atom is -0.496 e. The van der Waals surface area contributed by atoms with E-state index in [1.807, 2.05) is 24.3 Å². The Morgan fingerprint density at radius 3 is 2.46 bits per heavy atom. The Morgan fingerprint density at radius 1 is 1.21 bits per heavy atom. The summed E-state index contributed by atoms with van der Waals surface area (Å²) in [4.78, 5) is 7.24. The van der Waals surface area contributed by atoms with E-state index in [9.17, 15) is 0 Å². The Bertz CT molecular complexity index is 614. The number of benzene rings is 1. The van der Waals surface area contributed by atoms with Crippen LogP contribution in [-0.4, -0.2) is 61.9 Å². The number of hydrogen-bond donors (Lipinski definition) is 2. The van der Waals surface area contributed by atoms with Crippen LogP contribution in [0.4, 0.5) is 0 Å². The van der Waals surface area contributed by atoms with Crippen LogP contribution < -0.4 is 15.4 Å². The smallest absolute Gasteiger partial charge is 0.191 e. The molecule has 1 aromatic rings. The highest BCUT2D eigenvalue weighted by Crippen LogP contribution is 2.21. The fourth-order valence-corrected chi connectivity index (χ4v) is 3.42. The van der Waals surface area contributed by atoms with Gasteiger partial charge in [-0.3, -0.25) is 4.90 Å². The van der Waals surface area contributed by atoms with Crippen LogP contribution in [0.2, 0.25) is 0 Å². The molecule has 1 saturated heterocycles. The van der Waals surface area contributed by atoms with Gasteiger partial charge in [-0.2, -0.15) is 0 Å². The molecule has 160 valence electrons. The molecule has 2 unspecified atom stereocenters. The average molecular weight is 504 g/mol. The minimum absolute atomic E-state index is 0. The summed E-state index contributed by atoms with van der Waals surface area (Å²) in [6.45, 7) is 15.0. The second-order valence-electron chi connectivity index (χ2n) is 7.84. The first-order valence-electron chi connectivity index (χ1n) is 9.90. The molecule has 0 aliphatic carbocycles. The van der Waals surface area contributed by atoms with Crippen molar-refractivity contribution in [2.45, 2.75) is 58.9 Å². The van der Waals surface area contributed by atoms with Crippen molar-refractivity contribution in [3.8, 4) is 5.75 Å². The lowest BCUT2D eigenvalue weighted by molar-refractivity contribution is -0.0946. The molecule has 0 amide bonds. The van der Waals surface area contributed by atoms with Crippen molar-refractivity contribution in [2.75, 3.05) is 33.3 Å². The number of aliphatic imine (C=N–C) groups is 1. The van der Waals surface area contributed by atoms with E-state index in [1.54, 1.807) is 7.11 Å². The van der Waals surface area contributed by atoms with E-state index in [2.05, 4.69) is 50.2 Å². The van der Waals surface area contributed by atoms with Gasteiger partial charge in [-0.1, -0.05) is 18.2 Å². The van der Waals surface area contributed by atoms with Crippen LogP contribution in [0.15, 0.2) is 29.3 Å². The van der Waals surface area contributed by atoms with E-state index in [1.165, 1.54) is 0 Å². The summed E-state index contributed by atoms with van der Waals surface area (Å²) in [5.74, 6) is 1.69. The third-order valence-electron chi connectivity index (χ3n) is 4.91. The van der Waals surface area contributed by atoms with Gasteiger partial charge >= 0.3 is 0 Å². The molecule has 7 heteroatoms. The number of nitrogens with one attached hydrogen (secondary N) is 2. The molecule has 0 spiro atoms. The molecule has 1 aliphatic heterocycles. The lowest BCUT2D eigenvalue weighted by Crippen LogP contribution is -2.59. The zero-order chi connectivity index (χ0) is 19.9. The average Bonchev–Trinajstić information content (AvgIpc) is 2.63. The molecule has 1 aliphatic rings. The van der Waals surface area contributed by atoms with E-state index in [0.717, 1.165) is 43.5 Å². The number of hydrogen-bond acceptors (Lipinski definition) is 4. The number of halogens is 1. The predicted molar refractivity (Wildman–Crippen MR) is 127 cm³/mol. The van der Waals surface area contributed by atoms with Crippen LogP contribution >= 0.6 is 24.0 Å². The zero-order valence-electron chi connectivity index (χ0n) is 18.1. The van der Waals surface area contributed by atoms with Crippen LogP contribution in [-0.2, 0) is 11.3 Å². The first kappa shape index (κ1) is 25.0. The van der Waals surface area contributed by atoms with Crippen LogP contribution in [0.3, 0.4) is 0 Å². The fraction of sp³-hybridized carbons (Fsp3) is 0.667. The van der Waals surface area contributed by atoms with E-state index in [-0.39, 0.29) is 41.7 Å². The standard InChI is InChI=1S/C21H36N4O2.HI/c1-7-22-20(23-12-18-10-8-9-11-19(18)26-6)24-15-21(4,5)25-13-16(2)27-17(3)14-25;/h8-11,16-17H,7,12-15H2,1-6H3,(H2,22,23,24);1H. The maximum atomic E-state index is 5.88. The number of nitrogens with zero attached hydrogens (tertiary/aromatic N) is 2. The van der Waals surface area contributed by atoms with Gasteiger partial charge in [-0.15, -0.1) is 24.0 Å². The molecule has 1 aromatic carbocycles. The maximum absolute atomic E-state index is 5.88. The summed E-state index contributed by atoms with van der Waals surface area (Å²) in [6, 6.07) is 8.00. The van der Waals surface area contributed by atoms with E-state index in [0.29, 0.717) is 6.54 Å². The highest BCUT2D eigenvalue weighted by atomic mass is 127. The van der Waals surface area contributed by atoms with Crippen molar-refractivity contribution >= 4 is 29.9 Å². The van der Waals surface area contributed by atoms with E-state index >= 15 is 0 Å². The van der Waals surface area contributed by atoms with Crippen molar-refractivity contribution in [1.82, 2.24) is 15.5 Å². The highest BCUT2D eigenvalue weighted by molar-refractivity contribution is 14.0. The Labute approximate surface area is 187 Å².